The van der Waals surface area contributed by atoms with Crippen LogP contribution in [0.1, 0.15) is 30.4 Å². The van der Waals surface area contributed by atoms with Gasteiger partial charge in [-0.3, -0.25) is 4.79 Å². The molecule has 7 nitrogen and oxygen atoms in total. The van der Waals surface area contributed by atoms with Crippen molar-refractivity contribution in [1.29, 1.82) is 0 Å². The Balaban J connectivity index is 1.60. The van der Waals surface area contributed by atoms with E-state index in [2.05, 4.69) is 25.5 Å². The molecule has 2 N–H and O–H groups in total. The summed E-state index contributed by atoms with van der Waals surface area (Å²) in [6, 6.07) is 15.2. The number of carbonyl (C=O) groups excluding carboxylic acids is 1. The van der Waals surface area contributed by atoms with Crippen LogP contribution in [0.5, 0.6) is 0 Å². The molecule has 7 heteroatoms. The maximum atomic E-state index is 12.5. The van der Waals surface area contributed by atoms with Gasteiger partial charge in [0.15, 0.2) is 5.82 Å². The highest BCUT2D eigenvalue weighted by Crippen LogP contribution is 2.20. The molecule has 0 saturated heterocycles. The van der Waals surface area contributed by atoms with Crippen LogP contribution < -0.4 is 5.32 Å². The van der Waals surface area contributed by atoms with Crippen molar-refractivity contribution in [2.45, 2.75) is 19.9 Å². The van der Waals surface area contributed by atoms with Crippen LogP contribution in [0, 0.1) is 0 Å². The monoisotopic (exact) mass is 346 g/mol. The Morgan fingerprint density at radius 3 is 2.81 bits per heavy atom. The normalized spacial score (nSPS) is 11.2. The van der Waals surface area contributed by atoms with E-state index < -0.39 is 0 Å². The first-order valence-electron chi connectivity index (χ1n) is 8.38. The first kappa shape index (κ1) is 16.0. The van der Waals surface area contributed by atoms with Crippen molar-refractivity contribution in [3.8, 4) is 11.5 Å². The molecule has 0 unspecified atom stereocenters. The zero-order valence-corrected chi connectivity index (χ0v) is 14.5. The summed E-state index contributed by atoms with van der Waals surface area (Å²) < 4.78 is 1.94. The lowest BCUT2D eigenvalue weighted by Crippen LogP contribution is -2.13. The highest BCUT2D eigenvalue weighted by Gasteiger charge is 2.14. The topological polar surface area (TPSA) is 88.5 Å². The van der Waals surface area contributed by atoms with Gasteiger partial charge < -0.3 is 14.9 Å². The predicted molar refractivity (Wildman–Crippen MR) is 99.9 cm³/mol. The van der Waals surface area contributed by atoms with Gasteiger partial charge in [-0.15, -0.1) is 10.2 Å². The fraction of sp³-hybridized carbons (Fsp3) is 0.158. The first-order chi connectivity index (χ1) is 12.6. The van der Waals surface area contributed by atoms with E-state index in [1.165, 1.54) is 0 Å². The molecule has 0 saturated carbocycles. The zero-order valence-electron chi connectivity index (χ0n) is 14.5. The van der Waals surface area contributed by atoms with E-state index in [-0.39, 0.29) is 11.9 Å². The Morgan fingerprint density at radius 2 is 2.00 bits per heavy atom. The summed E-state index contributed by atoms with van der Waals surface area (Å²) in [6.45, 7) is 4.10. The van der Waals surface area contributed by atoms with Crippen LogP contribution >= 0.6 is 0 Å². The number of anilines is 1. The molecule has 130 valence electrons. The largest absolute Gasteiger partial charge is 0.351 e. The van der Waals surface area contributed by atoms with Crippen LogP contribution in [-0.2, 0) is 0 Å². The number of H-pyrrole nitrogens is 1. The maximum absolute atomic E-state index is 12.5. The predicted octanol–water partition coefficient (Wildman–Crippen LogP) is 3.65. The summed E-state index contributed by atoms with van der Waals surface area (Å²) in [4.78, 5) is 20.2. The Morgan fingerprint density at radius 1 is 1.15 bits per heavy atom. The van der Waals surface area contributed by atoms with Crippen molar-refractivity contribution in [3.05, 3.63) is 60.6 Å². The molecular formula is C19H18N6O. The molecular weight excluding hydrogens is 328 g/mol. The number of para-hydroxylation sites is 1. The minimum atomic E-state index is -0.240. The van der Waals surface area contributed by atoms with E-state index in [0.717, 1.165) is 10.9 Å². The van der Waals surface area contributed by atoms with E-state index in [0.29, 0.717) is 23.0 Å². The Hall–Kier alpha value is -3.48. The van der Waals surface area contributed by atoms with E-state index >= 15 is 0 Å². The third-order valence-corrected chi connectivity index (χ3v) is 4.12. The third-order valence-electron chi connectivity index (χ3n) is 4.12. The van der Waals surface area contributed by atoms with E-state index in [1.54, 1.807) is 12.4 Å². The molecule has 3 heterocycles. The average Bonchev–Trinajstić information content (AvgIpc) is 3.29. The summed E-state index contributed by atoms with van der Waals surface area (Å²) in [5, 5.41) is 11.9. The van der Waals surface area contributed by atoms with Gasteiger partial charge in [-0.05, 0) is 38.1 Å². The molecule has 4 rings (SSSR count). The molecule has 4 aromatic rings. The fourth-order valence-corrected chi connectivity index (χ4v) is 2.81. The quantitative estimate of drug-likeness (QED) is 0.590. The Labute approximate surface area is 150 Å². The molecule has 0 aliphatic carbocycles. The van der Waals surface area contributed by atoms with E-state index in [9.17, 15) is 4.79 Å². The van der Waals surface area contributed by atoms with Gasteiger partial charge in [0.2, 0.25) is 0 Å². The molecule has 0 bridgehead atoms. The first-order valence-corrected chi connectivity index (χ1v) is 8.38. The number of hydrogen-bond donors (Lipinski definition) is 2. The number of pyridine rings is 1. The van der Waals surface area contributed by atoms with Crippen molar-refractivity contribution < 1.29 is 4.79 Å². The smallest absolute Gasteiger partial charge is 0.273 e. The number of fused-ring (bicyclic) bond motifs is 1. The summed E-state index contributed by atoms with van der Waals surface area (Å²) in [6.07, 6.45) is 1.68. The molecule has 0 spiro atoms. The van der Waals surface area contributed by atoms with Gasteiger partial charge in [0, 0.05) is 16.9 Å². The van der Waals surface area contributed by atoms with Crippen molar-refractivity contribution in [2.24, 2.45) is 0 Å². The number of hydrogen-bond acceptors (Lipinski definition) is 4. The van der Waals surface area contributed by atoms with Crippen LogP contribution in [0.25, 0.3) is 22.4 Å². The van der Waals surface area contributed by atoms with Gasteiger partial charge in [-0.25, -0.2) is 4.98 Å². The van der Waals surface area contributed by atoms with Gasteiger partial charge in [0.05, 0.1) is 0 Å². The third kappa shape index (κ3) is 2.95. The molecule has 26 heavy (non-hydrogen) atoms. The second-order valence-electron chi connectivity index (χ2n) is 6.29. The number of carbonyl (C=O) groups is 1. The van der Waals surface area contributed by atoms with Crippen molar-refractivity contribution in [3.63, 3.8) is 0 Å². The lowest BCUT2D eigenvalue weighted by molar-refractivity contribution is 0.102. The summed E-state index contributed by atoms with van der Waals surface area (Å²) in [5.74, 6) is 0.891. The summed E-state index contributed by atoms with van der Waals surface area (Å²) >= 11 is 0. The van der Waals surface area contributed by atoms with Crippen LogP contribution in [0.2, 0.25) is 0 Å². The molecule has 0 fully saturated rings. The Bertz CT molecular complexity index is 1050. The molecule has 0 aliphatic rings. The summed E-state index contributed by atoms with van der Waals surface area (Å²) in [7, 11) is 0. The van der Waals surface area contributed by atoms with Gasteiger partial charge in [-0.2, -0.15) is 0 Å². The van der Waals surface area contributed by atoms with Gasteiger partial charge in [0.25, 0.3) is 5.91 Å². The van der Waals surface area contributed by atoms with Gasteiger partial charge >= 0.3 is 0 Å². The van der Waals surface area contributed by atoms with E-state index in [1.807, 2.05) is 60.9 Å². The standard InChI is InChI=1S/C19H18N6O/c1-12(2)25-11-20-24-18(25)15-8-5-9-17(22-15)23-19(26)16-10-13-6-3-4-7-14(13)21-16/h3-12,21H,1-2H3,(H,22,23,26). The number of benzene rings is 1. The zero-order chi connectivity index (χ0) is 18.1. The maximum Gasteiger partial charge on any atom is 0.273 e. The van der Waals surface area contributed by atoms with Crippen LogP contribution in [0.3, 0.4) is 0 Å². The highest BCUT2D eigenvalue weighted by molar-refractivity contribution is 6.05. The van der Waals surface area contributed by atoms with E-state index in [4.69, 9.17) is 0 Å². The highest BCUT2D eigenvalue weighted by atomic mass is 16.1. The Kier molecular flexibility index (Phi) is 3.96. The average molecular weight is 346 g/mol. The van der Waals surface area contributed by atoms with Crippen molar-refractivity contribution in [1.82, 2.24) is 24.7 Å². The minimum Gasteiger partial charge on any atom is -0.351 e. The van der Waals surface area contributed by atoms with Crippen LogP contribution in [0.4, 0.5) is 5.82 Å². The van der Waals surface area contributed by atoms with Crippen molar-refractivity contribution in [2.75, 3.05) is 5.32 Å². The number of nitrogens with one attached hydrogen (secondary N) is 2. The SMILES string of the molecule is CC(C)n1cnnc1-c1cccc(NC(=O)c2cc3ccccc3[nH]2)n1. The molecule has 1 amide bonds. The lowest BCUT2D eigenvalue weighted by atomic mass is 10.2. The molecule has 0 atom stereocenters. The van der Waals surface area contributed by atoms with Gasteiger partial charge in [0.1, 0.15) is 23.5 Å². The van der Waals surface area contributed by atoms with Gasteiger partial charge in [-0.1, -0.05) is 24.3 Å². The second kappa shape index (κ2) is 6.44. The molecule has 0 radical (unpaired) electrons. The lowest BCUT2D eigenvalue weighted by Gasteiger charge is -2.10. The second-order valence-corrected chi connectivity index (χ2v) is 6.29. The minimum absolute atomic E-state index is 0.214. The molecule has 1 aromatic carbocycles. The number of rotatable bonds is 4. The number of aromatic nitrogens is 5. The number of nitrogens with zero attached hydrogens (tertiary/aromatic N) is 4. The van der Waals surface area contributed by atoms with Crippen LogP contribution in [0.15, 0.2) is 54.9 Å². The summed E-state index contributed by atoms with van der Waals surface area (Å²) in [5.41, 5.74) is 2.07. The van der Waals surface area contributed by atoms with Crippen LogP contribution in [-0.4, -0.2) is 30.6 Å². The number of aromatic amines is 1. The van der Waals surface area contributed by atoms with Crippen molar-refractivity contribution >= 4 is 22.6 Å². The fourth-order valence-electron chi connectivity index (χ4n) is 2.81. The number of amides is 1. The molecule has 0 aliphatic heterocycles. The molecule has 3 aromatic heterocycles.